The van der Waals surface area contributed by atoms with Gasteiger partial charge in [0.05, 0.1) is 5.71 Å². The van der Waals surface area contributed by atoms with Gasteiger partial charge < -0.3 is 5.32 Å². The standard InChI is InChI=1S/C20H21N3O3S/c1-4-15-7-5-6-8-17(15)21-20(24)19-13-18(22-27(25,26)23(19)3)16-11-9-14(2)10-12-16/h5-13H,4H2,1-3H3,(H,21,24). The number of nitrogens with zero attached hydrogens (tertiary/aromatic N) is 2. The number of para-hydroxylation sites is 1. The second-order valence-electron chi connectivity index (χ2n) is 6.28. The molecule has 1 aliphatic rings. The van der Waals surface area contributed by atoms with E-state index in [9.17, 15) is 13.2 Å². The summed E-state index contributed by atoms with van der Waals surface area (Å²) >= 11 is 0. The van der Waals surface area contributed by atoms with Crippen molar-refractivity contribution in [3.8, 4) is 0 Å². The maximum Gasteiger partial charge on any atom is 0.345 e. The summed E-state index contributed by atoms with van der Waals surface area (Å²) in [7, 11) is -2.66. The number of aryl methyl sites for hydroxylation is 2. The summed E-state index contributed by atoms with van der Waals surface area (Å²) in [6.07, 6.45) is 2.25. The van der Waals surface area contributed by atoms with E-state index >= 15 is 0 Å². The molecule has 1 N–H and O–H groups in total. The van der Waals surface area contributed by atoms with Gasteiger partial charge in [0.25, 0.3) is 5.91 Å². The molecule has 7 heteroatoms. The van der Waals surface area contributed by atoms with Crippen LogP contribution in [0.25, 0.3) is 0 Å². The average Bonchev–Trinajstić information content (AvgIpc) is 2.64. The van der Waals surface area contributed by atoms with Gasteiger partial charge in [0.1, 0.15) is 5.70 Å². The van der Waals surface area contributed by atoms with Crippen LogP contribution in [0.1, 0.15) is 23.6 Å². The van der Waals surface area contributed by atoms with Crippen LogP contribution in [0.15, 0.2) is 64.7 Å². The van der Waals surface area contributed by atoms with Gasteiger partial charge in [-0.1, -0.05) is 55.0 Å². The molecule has 0 spiro atoms. The smallest absolute Gasteiger partial charge is 0.320 e. The summed E-state index contributed by atoms with van der Waals surface area (Å²) in [5.74, 6) is -0.499. The number of benzene rings is 2. The van der Waals surface area contributed by atoms with Crippen molar-refractivity contribution in [2.45, 2.75) is 20.3 Å². The van der Waals surface area contributed by atoms with Gasteiger partial charge in [-0.3, -0.25) is 4.79 Å². The van der Waals surface area contributed by atoms with E-state index in [1.54, 1.807) is 18.2 Å². The van der Waals surface area contributed by atoms with Crippen LogP contribution in [0.3, 0.4) is 0 Å². The predicted molar refractivity (Wildman–Crippen MR) is 107 cm³/mol. The molecule has 1 heterocycles. The quantitative estimate of drug-likeness (QED) is 0.881. The highest BCUT2D eigenvalue weighted by molar-refractivity contribution is 7.88. The predicted octanol–water partition coefficient (Wildman–Crippen LogP) is 3.06. The van der Waals surface area contributed by atoms with Crippen molar-refractivity contribution < 1.29 is 13.2 Å². The summed E-state index contributed by atoms with van der Waals surface area (Å²) in [5.41, 5.74) is 3.58. The van der Waals surface area contributed by atoms with Crippen molar-refractivity contribution in [1.29, 1.82) is 0 Å². The molecular weight excluding hydrogens is 362 g/mol. The molecule has 0 aromatic heterocycles. The highest BCUT2D eigenvalue weighted by atomic mass is 32.2. The number of likely N-dealkylation sites (N-methyl/N-ethyl adjacent to an activating group) is 1. The Balaban J connectivity index is 1.98. The number of amides is 1. The Morgan fingerprint density at radius 3 is 2.44 bits per heavy atom. The Kier molecular flexibility index (Phi) is 5.14. The largest absolute Gasteiger partial charge is 0.345 e. The fourth-order valence-corrected chi connectivity index (χ4v) is 3.68. The summed E-state index contributed by atoms with van der Waals surface area (Å²) in [5, 5.41) is 2.81. The number of allylic oxidation sites excluding steroid dienone is 1. The third-order valence-electron chi connectivity index (χ3n) is 4.40. The lowest BCUT2D eigenvalue weighted by atomic mass is 10.1. The van der Waals surface area contributed by atoms with Crippen molar-refractivity contribution in [3.63, 3.8) is 0 Å². The van der Waals surface area contributed by atoms with Crippen LogP contribution in [-0.4, -0.2) is 31.4 Å². The average molecular weight is 383 g/mol. The maximum absolute atomic E-state index is 12.8. The van der Waals surface area contributed by atoms with Crippen LogP contribution in [0.4, 0.5) is 5.69 Å². The second kappa shape index (κ2) is 7.36. The molecule has 3 rings (SSSR count). The lowest BCUT2D eigenvalue weighted by molar-refractivity contribution is -0.113. The van der Waals surface area contributed by atoms with Gasteiger partial charge in [0.15, 0.2) is 0 Å². The molecule has 2 aromatic carbocycles. The van der Waals surface area contributed by atoms with Gasteiger partial charge in [-0.15, -0.1) is 4.40 Å². The van der Waals surface area contributed by atoms with Crippen LogP contribution in [-0.2, 0) is 21.4 Å². The van der Waals surface area contributed by atoms with E-state index in [1.165, 1.54) is 13.1 Å². The Morgan fingerprint density at radius 2 is 1.78 bits per heavy atom. The molecular formula is C20H21N3O3S. The molecule has 1 aliphatic heterocycles. The topological polar surface area (TPSA) is 78.8 Å². The molecule has 0 saturated carbocycles. The molecule has 2 aromatic rings. The van der Waals surface area contributed by atoms with E-state index in [0.29, 0.717) is 11.3 Å². The number of nitrogens with one attached hydrogen (secondary N) is 1. The van der Waals surface area contributed by atoms with Crippen molar-refractivity contribution in [2.24, 2.45) is 4.40 Å². The van der Waals surface area contributed by atoms with Crippen LogP contribution in [0.5, 0.6) is 0 Å². The molecule has 27 heavy (non-hydrogen) atoms. The highest BCUT2D eigenvalue weighted by Gasteiger charge is 2.30. The fourth-order valence-electron chi connectivity index (χ4n) is 2.76. The molecule has 0 radical (unpaired) electrons. The fraction of sp³-hybridized carbons (Fsp3) is 0.200. The molecule has 0 fully saturated rings. The van der Waals surface area contributed by atoms with Crippen LogP contribution in [0.2, 0.25) is 0 Å². The number of carbonyl (C=O) groups is 1. The normalized spacial score (nSPS) is 15.7. The molecule has 0 atom stereocenters. The SMILES string of the molecule is CCc1ccccc1NC(=O)C1=CC(c2ccc(C)cc2)=NS(=O)(=O)N1C. The molecule has 6 nitrogen and oxygen atoms in total. The zero-order valence-electron chi connectivity index (χ0n) is 15.4. The monoisotopic (exact) mass is 383 g/mol. The summed E-state index contributed by atoms with van der Waals surface area (Å²) in [6, 6.07) is 14.7. The molecule has 0 saturated heterocycles. The first-order valence-corrected chi connectivity index (χ1v) is 9.98. The number of rotatable bonds is 4. The van der Waals surface area contributed by atoms with Crippen LogP contribution < -0.4 is 5.32 Å². The van der Waals surface area contributed by atoms with Gasteiger partial charge in [0.2, 0.25) is 0 Å². The number of hydrogen-bond donors (Lipinski definition) is 1. The molecule has 1 amide bonds. The van der Waals surface area contributed by atoms with E-state index in [2.05, 4.69) is 9.71 Å². The summed E-state index contributed by atoms with van der Waals surface area (Å²) < 4.78 is 29.6. The first kappa shape index (κ1) is 18.8. The van der Waals surface area contributed by atoms with Crippen molar-refractivity contribution in [3.05, 3.63) is 77.0 Å². The number of carbonyl (C=O) groups excluding carboxylic acids is 1. The minimum absolute atomic E-state index is 0.0199. The Hall–Kier alpha value is -2.93. The highest BCUT2D eigenvalue weighted by Crippen LogP contribution is 2.22. The summed E-state index contributed by atoms with van der Waals surface area (Å²) in [6.45, 7) is 3.93. The Labute approximate surface area is 159 Å². The lowest BCUT2D eigenvalue weighted by Crippen LogP contribution is -2.35. The van der Waals surface area contributed by atoms with E-state index in [4.69, 9.17) is 0 Å². The van der Waals surface area contributed by atoms with E-state index in [-0.39, 0.29) is 11.4 Å². The first-order chi connectivity index (χ1) is 12.8. The lowest BCUT2D eigenvalue weighted by Gasteiger charge is -2.24. The Morgan fingerprint density at radius 1 is 1.11 bits per heavy atom. The van der Waals surface area contributed by atoms with Crippen LogP contribution in [0, 0.1) is 6.92 Å². The van der Waals surface area contributed by atoms with E-state index in [0.717, 1.165) is 21.9 Å². The number of anilines is 1. The third kappa shape index (κ3) is 3.93. The van der Waals surface area contributed by atoms with Crippen molar-refractivity contribution >= 4 is 27.5 Å². The van der Waals surface area contributed by atoms with Gasteiger partial charge in [-0.25, -0.2) is 4.31 Å². The summed E-state index contributed by atoms with van der Waals surface area (Å²) in [4.78, 5) is 12.8. The van der Waals surface area contributed by atoms with Crippen LogP contribution >= 0.6 is 0 Å². The zero-order valence-corrected chi connectivity index (χ0v) is 16.2. The minimum Gasteiger partial charge on any atom is -0.320 e. The molecule has 0 unspecified atom stereocenters. The zero-order chi connectivity index (χ0) is 19.6. The maximum atomic E-state index is 12.8. The van der Waals surface area contributed by atoms with Crippen molar-refractivity contribution in [1.82, 2.24) is 4.31 Å². The van der Waals surface area contributed by atoms with Crippen molar-refractivity contribution in [2.75, 3.05) is 12.4 Å². The van der Waals surface area contributed by atoms with Gasteiger partial charge >= 0.3 is 10.2 Å². The van der Waals surface area contributed by atoms with Gasteiger partial charge in [-0.2, -0.15) is 8.42 Å². The number of hydrogen-bond acceptors (Lipinski definition) is 3. The van der Waals surface area contributed by atoms with E-state index in [1.807, 2.05) is 44.2 Å². The molecule has 0 bridgehead atoms. The first-order valence-electron chi connectivity index (χ1n) is 8.58. The molecule has 140 valence electrons. The van der Waals surface area contributed by atoms with Gasteiger partial charge in [-0.05, 0) is 31.1 Å². The van der Waals surface area contributed by atoms with E-state index < -0.39 is 16.1 Å². The third-order valence-corrected chi connectivity index (χ3v) is 5.72. The van der Waals surface area contributed by atoms with Gasteiger partial charge in [0, 0.05) is 18.3 Å². The Bertz CT molecular complexity index is 1040. The minimum atomic E-state index is -3.98. The molecule has 0 aliphatic carbocycles. The second-order valence-corrected chi connectivity index (χ2v) is 7.91.